The molecule has 1 atom stereocenters. The van der Waals surface area contributed by atoms with E-state index in [2.05, 4.69) is 20.2 Å². The van der Waals surface area contributed by atoms with Crippen molar-refractivity contribution < 1.29 is 9.18 Å². The number of amides is 1. The van der Waals surface area contributed by atoms with E-state index in [4.69, 9.17) is 5.73 Å². The van der Waals surface area contributed by atoms with Crippen LogP contribution < -0.4 is 16.0 Å². The Morgan fingerprint density at radius 1 is 1.07 bits per heavy atom. The van der Waals surface area contributed by atoms with Gasteiger partial charge in [0.25, 0.3) is 0 Å². The summed E-state index contributed by atoms with van der Waals surface area (Å²) >= 11 is 0. The van der Waals surface area contributed by atoms with Gasteiger partial charge in [0, 0.05) is 31.2 Å². The van der Waals surface area contributed by atoms with Crippen LogP contribution in [0.1, 0.15) is 12.8 Å². The van der Waals surface area contributed by atoms with E-state index in [1.807, 2.05) is 24.3 Å². The zero-order chi connectivity index (χ0) is 20.2. The van der Waals surface area contributed by atoms with Gasteiger partial charge in [-0.3, -0.25) is 4.79 Å². The number of primary amides is 1. The number of halogens is 1. The van der Waals surface area contributed by atoms with Crippen molar-refractivity contribution in [2.75, 3.05) is 23.3 Å². The average Bonchev–Trinajstić information content (AvgIpc) is 2.76. The summed E-state index contributed by atoms with van der Waals surface area (Å²) in [5.41, 5.74) is 8.24. The third-order valence-corrected chi connectivity index (χ3v) is 5.10. The molecule has 1 aliphatic rings. The van der Waals surface area contributed by atoms with Crippen LogP contribution in [0.4, 0.5) is 21.7 Å². The fourth-order valence-corrected chi connectivity index (χ4v) is 3.55. The molecule has 3 heterocycles. The molecule has 1 unspecified atom stereocenters. The maximum absolute atomic E-state index is 13.1. The van der Waals surface area contributed by atoms with Gasteiger partial charge in [-0.05, 0) is 72.5 Å². The SMILES string of the molecule is NC(=O)C1CCCN(c2cc(-c3ccnc(Nc4ccc(F)cc4)c3)ccn2)C1. The third-order valence-electron chi connectivity index (χ3n) is 5.10. The highest BCUT2D eigenvalue weighted by Gasteiger charge is 2.24. The van der Waals surface area contributed by atoms with E-state index in [-0.39, 0.29) is 17.6 Å². The largest absolute Gasteiger partial charge is 0.369 e. The van der Waals surface area contributed by atoms with Crippen LogP contribution in [0.3, 0.4) is 0 Å². The maximum atomic E-state index is 13.1. The summed E-state index contributed by atoms with van der Waals surface area (Å²) in [5.74, 6) is 0.827. The number of rotatable bonds is 5. The molecule has 0 bridgehead atoms. The van der Waals surface area contributed by atoms with Gasteiger partial charge in [-0.15, -0.1) is 0 Å². The van der Waals surface area contributed by atoms with E-state index >= 15 is 0 Å². The Morgan fingerprint density at radius 3 is 2.55 bits per heavy atom. The van der Waals surface area contributed by atoms with E-state index in [1.165, 1.54) is 12.1 Å². The lowest BCUT2D eigenvalue weighted by molar-refractivity contribution is -0.122. The Kier molecular flexibility index (Phi) is 5.37. The molecule has 1 fully saturated rings. The van der Waals surface area contributed by atoms with Crippen LogP contribution >= 0.6 is 0 Å². The number of anilines is 3. The van der Waals surface area contributed by atoms with Crippen molar-refractivity contribution in [3.63, 3.8) is 0 Å². The molecule has 0 radical (unpaired) electrons. The predicted octanol–water partition coefficient (Wildman–Crippen LogP) is 3.73. The number of hydrogen-bond donors (Lipinski definition) is 2. The fraction of sp³-hybridized carbons (Fsp3) is 0.227. The van der Waals surface area contributed by atoms with Crippen molar-refractivity contribution in [2.24, 2.45) is 11.7 Å². The van der Waals surface area contributed by atoms with Gasteiger partial charge >= 0.3 is 0 Å². The van der Waals surface area contributed by atoms with Crippen LogP contribution in [0.5, 0.6) is 0 Å². The highest BCUT2D eigenvalue weighted by atomic mass is 19.1. The first kappa shape index (κ1) is 18.9. The van der Waals surface area contributed by atoms with E-state index in [0.29, 0.717) is 12.4 Å². The summed E-state index contributed by atoms with van der Waals surface area (Å²) < 4.78 is 13.1. The van der Waals surface area contributed by atoms with Crippen LogP contribution in [0.2, 0.25) is 0 Å². The first-order chi connectivity index (χ1) is 14.1. The first-order valence-electron chi connectivity index (χ1n) is 9.58. The molecule has 2 aromatic heterocycles. The second-order valence-electron chi connectivity index (χ2n) is 7.15. The molecule has 148 valence electrons. The van der Waals surface area contributed by atoms with Gasteiger partial charge in [-0.2, -0.15) is 0 Å². The number of aromatic nitrogens is 2. The van der Waals surface area contributed by atoms with Crippen LogP contribution in [0.25, 0.3) is 11.1 Å². The van der Waals surface area contributed by atoms with Crippen molar-refractivity contribution in [1.29, 1.82) is 0 Å². The zero-order valence-electron chi connectivity index (χ0n) is 15.9. The Hall–Kier alpha value is -3.48. The Morgan fingerprint density at radius 2 is 1.79 bits per heavy atom. The van der Waals surface area contributed by atoms with E-state index in [1.54, 1.807) is 24.5 Å². The van der Waals surface area contributed by atoms with Gasteiger partial charge in [0.1, 0.15) is 17.5 Å². The summed E-state index contributed by atoms with van der Waals surface area (Å²) in [4.78, 5) is 22.5. The summed E-state index contributed by atoms with van der Waals surface area (Å²) in [6, 6.07) is 14.0. The number of hydrogen-bond acceptors (Lipinski definition) is 5. The van der Waals surface area contributed by atoms with Gasteiger partial charge in [0.15, 0.2) is 0 Å². The Bertz CT molecular complexity index is 1010. The number of carbonyl (C=O) groups is 1. The van der Waals surface area contributed by atoms with Gasteiger partial charge in [-0.25, -0.2) is 14.4 Å². The Balaban J connectivity index is 1.55. The number of nitrogens with one attached hydrogen (secondary N) is 1. The number of carbonyl (C=O) groups excluding carboxylic acids is 1. The smallest absolute Gasteiger partial charge is 0.222 e. The van der Waals surface area contributed by atoms with Crippen LogP contribution in [0, 0.1) is 11.7 Å². The quantitative estimate of drug-likeness (QED) is 0.692. The molecule has 0 spiro atoms. The monoisotopic (exact) mass is 391 g/mol. The Labute approximate surface area is 168 Å². The van der Waals surface area contributed by atoms with Gasteiger partial charge < -0.3 is 16.0 Å². The topological polar surface area (TPSA) is 84.1 Å². The fourth-order valence-electron chi connectivity index (χ4n) is 3.55. The summed E-state index contributed by atoms with van der Waals surface area (Å²) in [6.07, 6.45) is 5.24. The van der Waals surface area contributed by atoms with Gasteiger partial charge in [0.05, 0.1) is 5.92 Å². The summed E-state index contributed by atoms with van der Waals surface area (Å²) in [6.45, 7) is 1.45. The minimum absolute atomic E-state index is 0.137. The van der Waals surface area contributed by atoms with E-state index in [9.17, 15) is 9.18 Å². The van der Waals surface area contributed by atoms with Crippen molar-refractivity contribution in [3.05, 3.63) is 66.7 Å². The van der Waals surface area contributed by atoms with Gasteiger partial charge in [0.2, 0.25) is 5.91 Å². The lowest BCUT2D eigenvalue weighted by Gasteiger charge is -2.32. The van der Waals surface area contributed by atoms with Crippen LogP contribution in [-0.2, 0) is 4.79 Å². The molecule has 0 saturated carbocycles. The molecular weight excluding hydrogens is 369 g/mol. The summed E-state index contributed by atoms with van der Waals surface area (Å²) in [7, 11) is 0. The molecule has 0 aliphatic carbocycles. The van der Waals surface area contributed by atoms with Crippen molar-refractivity contribution in [3.8, 4) is 11.1 Å². The van der Waals surface area contributed by atoms with E-state index < -0.39 is 0 Å². The number of nitrogens with zero attached hydrogens (tertiary/aromatic N) is 3. The average molecular weight is 391 g/mol. The molecule has 1 aromatic carbocycles. The second-order valence-corrected chi connectivity index (χ2v) is 7.15. The molecule has 1 amide bonds. The third kappa shape index (κ3) is 4.51. The predicted molar refractivity (Wildman–Crippen MR) is 111 cm³/mol. The van der Waals surface area contributed by atoms with Crippen molar-refractivity contribution in [2.45, 2.75) is 12.8 Å². The molecule has 3 N–H and O–H groups in total. The maximum Gasteiger partial charge on any atom is 0.222 e. The molecule has 3 aromatic rings. The molecular formula is C22H22FN5O. The highest BCUT2D eigenvalue weighted by Crippen LogP contribution is 2.28. The second kappa shape index (κ2) is 8.26. The highest BCUT2D eigenvalue weighted by molar-refractivity contribution is 5.78. The van der Waals surface area contributed by atoms with Crippen molar-refractivity contribution >= 4 is 23.2 Å². The molecule has 4 rings (SSSR count). The number of nitrogens with two attached hydrogens (primary N) is 1. The van der Waals surface area contributed by atoms with E-state index in [0.717, 1.165) is 42.0 Å². The number of benzene rings is 1. The zero-order valence-corrected chi connectivity index (χ0v) is 15.9. The molecule has 1 saturated heterocycles. The normalized spacial score (nSPS) is 16.4. The first-order valence-corrected chi connectivity index (χ1v) is 9.58. The number of pyridine rings is 2. The van der Waals surface area contributed by atoms with Gasteiger partial charge in [-0.1, -0.05) is 0 Å². The van der Waals surface area contributed by atoms with Crippen LogP contribution in [0.15, 0.2) is 60.9 Å². The minimum atomic E-state index is -0.280. The number of piperidine rings is 1. The van der Waals surface area contributed by atoms with Crippen LogP contribution in [-0.4, -0.2) is 29.0 Å². The van der Waals surface area contributed by atoms with Crippen molar-refractivity contribution in [1.82, 2.24) is 9.97 Å². The lowest BCUT2D eigenvalue weighted by atomic mass is 9.97. The standard InChI is InChI=1S/C22H22FN5O/c23-18-3-5-19(6-4-18)27-20-12-15(7-9-25-20)16-8-10-26-21(13-16)28-11-1-2-17(14-28)22(24)29/h3-10,12-13,17H,1-2,11,14H2,(H2,24,29)(H,25,27). The molecule has 6 nitrogen and oxygen atoms in total. The minimum Gasteiger partial charge on any atom is -0.369 e. The molecule has 1 aliphatic heterocycles. The lowest BCUT2D eigenvalue weighted by Crippen LogP contribution is -2.41. The molecule has 29 heavy (non-hydrogen) atoms. The summed E-state index contributed by atoms with van der Waals surface area (Å²) in [5, 5.41) is 3.18. The molecule has 7 heteroatoms.